The fraction of sp³-hybridized carbons (Fsp3) is 0.267. The van der Waals surface area contributed by atoms with Crippen LogP contribution < -0.4 is 19.5 Å². The van der Waals surface area contributed by atoms with Gasteiger partial charge in [0.15, 0.2) is 17.2 Å². The van der Waals surface area contributed by atoms with Crippen LogP contribution in [0.5, 0.6) is 17.2 Å². The molecule has 122 valence electrons. The highest BCUT2D eigenvalue weighted by Crippen LogP contribution is 2.34. The summed E-state index contributed by atoms with van der Waals surface area (Å²) in [5.74, 6) is 1.11. The molecule has 23 heavy (non-hydrogen) atoms. The number of nitrogens with one attached hydrogen (secondary N) is 1. The number of hydrogen-bond acceptors (Lipinski definition) is 7. The van der Waals surface area contributed by atoms with Crippen LogP contribution in [0.3, 0.4) is 0 Å². The van der Waals surface area contributed by atoms with Crippen LogP contribution in [0.4, 0.5) is 5.82 Å². The van der Waals surface area contributed by atoms with Crippen molar-refractivity contribution < 1.29 is 24.1 Å². The maximum atomic E-state index is 10.7. The number of aromatic nitrogens is 2. The molecule has 0 aliphatic carbocycles. The highest BCUT2D eigenvalue weighted by molar-refractivity contribution is 5.84. The Bertz CT molecular complexity index is 688. The molecule has 2 rings (SSSR count). The maximum Gasteiger partial charge on any atom is 0.356 e. The van der Waals surface area contributed by atoms with Crippen LogP contribution in [0.15, 0.2) is 24.5 Å². The molecule has 0 aliphatic rings. The molecule has 0 saturated carbocycles. The maximum absolute atomic E-state index is 10.7. The minimum atomic E-state index is -1.12. The summed E-state index contributed by atoms with van der Waals surface area (Å²) in [7, 11) is 4.67. The van der Waals surface area contributed by atoms with Gasteiger partial charge in [0.2, 0.25) is 0 Å². The Labute approximate surface area is 133 Å². The van der Waals surface area contributed by atoms with E-state index in [1.54, 1.807) is 33.5 Å². The van der Waals surface area contributed by atoms with Crippen molar-refractivity contribution in [2.45, 2.75) is 6.54 Å². The predicted molar refractivity (Wildman–Crippen MR) is 82.4 cm³/mol. The molecule has 0 radical (unpaired) electrons. The first kappa shape index (κ1) is 16.3. The lowest BCUT2D eigenvalue weighted by atomic mass is 10.1. The average Bonchev–Trinajstić information content (AvgIpc) is 2.59. The van der Waals surface area contributed by atoms with Gasteiger partial charge in [0.25, 0.3) is 0 Å². The summed E-state index contributed by atoms with van der Waals surface area (Å²) >= 11 is 0. The summed E-state index contributed by atoms with van der Waals surface area (Å²) in [6.07, 6.45) is 2.55. The van der Waals surface area contributed by atoms with E-state index in [0.717, 1.165) is 5.56 Å². The van der Waals surface area contributed by atoms with Crippen molar-refractivity contribution in [3.05, 3.63) is 35.8 Å². The molecule has 0 amide bonds. The summed E-state index contributed by atoms with van der Waals surface area (Å²) in [6.45, 7) is 0.393. The van der Waals surface area contributed by atoms with Gasteiger partial charge in [-0.3, -0.25) is 0 Å². The number of carboxylic acids is 1. The quantitative estimate of drug-likeness (QED) is 0.796. The first-order valence-corrected chi connectivity index (χ1v) is 6.67. The van der Waals surface area contributed by atoms with Crippen molar-refractivity contribution in [1.82, 2.24) is 9.97 Å². The van der Waals surface area contributed by atoms with Crippen molar-refractivity contribution in [3.8, 4) is 17.2 Å². The second kappa shape index (κ2) is 7.30. The standard InChI is InChI=1S/C15H17N3O5/c1-21-11-5-13(23-3)12(22-2)4-9(11)6-17-14-8-16-10(7-18-14)15(19)20/h4-5,7-8H,6H2,1-3H3,(H,17,18)(H,19,20). The number of carboxylic acid groups (broad SMARTS) is 1. The summed E-state index contributed by atoms with van der Waals surface area (Å²) in [4.78, 5) is 18.5. The lowest BCUT2D eigenvalue weighted by Crippen LogP contribution is -2.07. The third kappa shape index (κ3) is 3.79. The summed E-state index contributed by atoms with van der Waals surface area (Å²) in [5.41, 5.74) is 0.716. The van der Waals surface area contributed by atoms with Gasteiger partial charge in [-0.05, 0) is 6.07 Å². The van der Waals surface area contributed by atoms with Gasteiger partial charge in [-0.15, -0.1) is 0 Å². The monoisotopic (exact) mass is 319 g/mol. The van der Waals surface area contributed by atoms with Crippen LogP contribution in [0.25, 0.3) is 0 Å². The van der Waals surface area contributed by atoms with Crippen molar-refractivity contribution in [2.75, 3.05) is 26.6 Å². The van der Waals surface area contributed by atoms with Gasteiger partial charge in [0.05, 0.1) is 33.7 Å². The molecule has 8 nitrogen and oxygen atoms in total. The first-order chi connectivity index (χ1) is 11.1. The number of methoxy groups -OCH3 is 3. The molecule has 0 saturated heterocycles. The van der Waals surface area contributed by atoms with E-state index < -0.39 is 5.97 Å². The summed E-state index contributed by atoms with van der Waals surface area (Å²) < 4.78 is 15.8. The normalized spacial score (nSPS) is 10.0. The van der Waals surface area contributed by atoms with E-state index in [0.29, 0.717) is 29.6 Å². The Morgan fingerprint density at radius 1 is 1.04 bits per heavy atom. The van der Waals surface area contributed by atoms with Gasteiger partial charge in [-0.2, -0.15) is 0 Å². The minimum Gasteiger partial charge on any atom is -0.496 e. The van der Waals surface area contributed by atoms with Gasteiger partial charge >= 0.3 is 5.97 Å². The summed E-state index contributed by atoms with van der Waals surface area (Å²) in [6, 6.07) is 3.53. The summed E-state index contributed by atoms with van der Waals surface area (Å²) in [5, 5.41) is 11.8. The zero-order chi connectivity index (χ0) is 16.8. The topological polar surface area (TPSA) is 103 Å². The van der Waals surface area contributed by atoms with E-state index in [1.807, 2.05) is 0 Å². The number of benzene rings is 1. The minimum absolute atomic E-state index is 0.112. The number of aromatic carboxylic acids is 1. The molecule has 0 aliphatic heterocycles. The number of hydrogen-bond donors (Lipinski definition) is 2. The third-order valence-electron chi connectivity index (χ3n) is 3.12. The second-order valence-corrected chi connectivity index (χ2v) is 4.46. The number of carbonyl (C=O) groups is 1. The third-order valence-corrected chi connectivity index (χ3v) is 3.12. The van der Waals surface area contributed by atoms with Crippen LogP contribution in [0, 0.1) is 0 Å². The van der Waals surface area contributed by atoms with Crippen molar-refractivity contribution in [2.24, 2.45) is 0 Å². The SMILES string of the molecule is COc1cc(OC)c(OC)cc1CNc1cnc(C(=O)O)cn1. The Hall–Kier alpha value is -3.03. The smallest absolute Gasteiger partial charge is 0.356 e. The van der Waals surface area contributed by atoms with E-state index >= 15 is 0 Å². The fourth-order valence-electron chi connectivity index (χ4n) is 1.95. The molecule has 0 unspecified atom stereocenters. The van der Waals surface area contributed by atoms with E-state index in [4.69, 9.17) is 19.3 Å². The molecular formula is C15H17N3O5. The van der Waals surface area contributed by atoms with Crippen LogP contribution in [0.2, 0.25) is 0 Å². The Morgan fingerprint density at radius 3 is 2.22 bits per heavy atom. The zero-order valence-electron chi connectivity index (χ0n) is 13.0. The lowest BCUT2D eigenvalue weighted by molar-refractivity contribution is 0.0690. The van der Waals surface area contributed by atoms with Crippen molar-refractivity contribution >= 4 is 11.8 Å². The van der Waals surface area contributed by atoms with Gasteiger partial charge in [0, 0.05) is 18.2 Å². The highest BCUT2D eigenvalue weighted by atomic mass is 16.5. The van der Waals surface area contributed by atoms with Crippen LogP contribution >= 0.6 is 0 Å². The van der Waals surface area contributed by atoms with Gasteiger partial charge < -0.3 is 24.6 Å². The zero-order valence-corrected chi connectivity index (χ0v) is 13.0. The molecule has 0 atom stereocenters. The fourth-order valence-corrected chi connectivity index (χ4v) is 1.95. The lowest BCUT2D eigenvalue weighted by Gasteiger charge is -2.14. The molecule has 1 aromatic heterocycles. The van der Waals surface area contributed by atoms with E-state index in [2.05, 4.69) is 15.3 Å². The van der Waals surface area contributed by atoms with E-state index in [-0.39, 0.29) is 5.69 Å². The molecule has 2 N–H and O–H groups in total. The van der Waals surface area contributed by atoms with Gasteiger partial charge in [-0.25, -0.2) is 14.8 Å². The molecule has 1 aromatic carbocycles. The molecule has 2 aromatic rings. The molecule has 0 bridgehead atoms. The number of anilines is 1. The van der Waals surface area contributed by atoms with Gasteiger partial charge in [0.1, 0.15) is 11.6 Å². The molecule has 0 fully saturated rings. The first-order valence-electron chi connectivity index (χ1n) is 6.67. The highest BCUT2D eigenvalue weighted by Gasteiger charge is 2.12. The van der Waals surface area contributed by atoms with E-state index in [1.165, 1.54) is 12.4 Å². The van der Waals surface area contributed by atoms with Crippen LogP contribution in [0.1, 0.15) is 16.1 Å². The number of rotatable bonds is 7. The predicted octanol–water partition coefficient (Wildman–Crippen LogP) is 1.81. The van der Waals surface area contributed by atoms with Crippen molar-refractivity contribution in [3.63, 3.8) is 0 Å². The van der Waals surface area contributed by atoms with Crippen molar-refractivity contribution in [1.29, 1.82) is 0 Å². The van der Waals surface area contributed by atoms with Crippen LogP contribution in [-0.2, 0) is 6.54 Å². The number of ether oxygens (including phenoxy) is 3. The largest absolute Gasteiger partial charge is 0.496 e. The van der Waals surface area contributed by atoms with Crippen LogP contribution in [-0.4, -0.2) is 42.4 Å². The second-order valence-electron chi connectivity index (χ2n) is 4.46. The number of nitrogens with zero attached hydrogens (tertiary/aromatic N) is 2. The molecular weight excluding hydrogens is 302 g/mol. The average molecular weight is 319 g/mol. The van der Waals surface area contributed by atoms with Gasteiger partial charge in [-0.1, -0.05) is 0 Å². The van der Waals surface area contributed by atoms with E-state index in [9.17, 15) is 4.79 Å². The Morgan fingerprint density at radius 2 is 1.70 bits per heavy atom. The molecule has 0 spiro atoms. The Kier molecular flexibility index (Phi) is 5.19. The molecule has 8 heteroatoms. The molecule has 1 heterocycles. The Balaban J connectivity index is 2.17.